The van der Waals surface area contributed by atoms with Gasteiger partial charge in [0.1, 0.15) is 5.82 Å². The van der Waals surface area contributed by atoms with Crippen LogP contribution in [0.5, 0.6) is 0 Å². The molecule has 0 aliphatic rings. The predicted molar refractivity (Wildman–Crippen MR) is 75.4 cm³/mol. The van der Waals surface area contributed by atoms with Crippen LogP contribution in [0.15, 0.2) is 30.3 Å². The number of ketones is 1. The fourth-order valence-corrected chi connectivity index (χ4v) is 2.07. The van der Waals surface area contributed by atoms with E-state index in [-0.39, 0.29) is 16.4 Å². The molecule has 0 atom stereocenters. The van der Waals surface area contributed by atoms with E-state index in [2.05, 4.69) is 0 Å². The zero-order valence-electron chi connectivity index (χ0n) is 10.0. The fourth-order valence-electron chi connectivity index (χ4n) is 1.66. The van der Waals surface area contributed by atoms with Gasteiger partial charge >= 0.3 is 0 Å². The molecular formula is C14H10Cl2FNO. The van der Waals surface area contributed by atoms with Gasteiger partial charge in [0.05, 0.1) is 15.7 Å². The Hall–Kier alpha value is -1.58. The van der Waals surface area contributed by atoms with Gasteiger partial charge < -0.3 is 5.73 Å². The third kappa shape index (κ3) is 2.72. The maximum Gasteiger partial charge on any atom is 0.194 e. The third-order valence-corrected chi connectivity index (χ3v) is 3.40. The summed E-state index contributed by atoms with van der Waals surface area (Å²) < 4.78 is 13.3. The van der Waals surface area contributed by atoms with Crippen molar-refractivity contribution in [3.05, 3.63) is 62.9 Å². The number of nitrogens with two attached hydrogens (primary N) is 1. The van der Waals surface area contributed by atoms with Crippen molar-refractivity contribution in [1.29, 1.82) is 0 Å². The minimum absolute atomic E-state index is 0.0704. The lowest BCUT2D eigenvalue weighted by Crippen LogP contribution is -2.04. The average Bonchev–Trinajstić information content (AvgIpc) is 2.36. The summed E-state index contributed by atoms with van der Waals surface area (Å²) in [6.45, 7) is 1.57. The molecule has 98 valence electrons. The van der Waals surface area contributed by atoms with E-state index in [0.717, 1.165) is 6.07 Å². The van der Waals surface area contributed by atoms with Gasteiger partial charge in [-0.2, -0.15) is 0 Å². The molecule has 0 aliphatic heterocycles. The number of hydrogen-bond donors (Lipinski definition) is 1. The molecule has 2 aromatic rings. The van der Waals surface area contributed by atoms with Crippen LogP contribution in [0.3, 0.4) is 0 Å². The highest BCUT2D eigenvalue weighted by Crippen LogP contribution is 2.26. The number of halogens is 3. The van der Waals surface area contributed by atoms with Gasteiger partial charge in [-0.05, 0) is 42.8 Å². The highest BCUT2D eigenvalue weighted by Gasteiger charge is 2.16. The van der Waals surface area contributed by atoms with E-state index in [0.29, 0.717) is 21.8 Å². The Morgan fingerprint density at radius 1 is 1.16 bits per heavy atom. The molecule has 0 fully saturated rings. The molecule has 5 heteroatoms. The van der Waals surface area contributed by atoms with Gasteiger partial charge in [0.2, 0.25) is 0 Å². The Labute approximate surface area is 119 Å². The van der Waals surface area contributed by atoms with E-state index in [1.54, 1.807) is 19.1 Å². The number of hydrogen-bond acceptors (Lipinski definition) is 2. The van der Waals surface area contributed by atoms with Crippen LogP contribution in [-0.4, -0.2) is 5.78 Å². The molecule has 19 heavy (non-hydrogen) atoms. The van der Waals surface area contributed by atoms with Crippen LogP contribution in [0.2, 0.25) is 10.0 Å². The second-order valence-electron chi connectivity index (χ2n) is 4.15. The van der Waals surface area contributed by atoms with Gasteiger partial charge in [0.15, 0.2) is 5.78 Å². The van der Waals surface area contributed by atoms with Crippen LogP contribution in [0.1, 0.15) is 21.5 Å². The van der Waals surface area contributed by atoms with Crippen LogP contribution in [0, 0.1) is 12.7 Å². The van der Waals surface area contributed by atoms with Gasteiger partial charge in [0, 0.05) is 11.1 Å². The number of nitrogen functional groups attached to an aromatic ring is 1. The Morgan fingerprint density at radius 3 is 2.47 bits per heavy atom. The van der Waals surface area contributed by atoms with Crippen molar-refractivity contribution >= 4 is 34.7 Å². The summed E-state index contributed by atoms with van der Waals surface area (Å²) in [7, 11) is 0. The molecule has 0 aromatic heterocycles. The summed E-state index contributed by atoms with van der Waals surface area (Å²) in [6.07, 6.45) is 0. The quantitative estimate of drug-likeness (QED) is 0.665. The Morgan fingerprint density at radius 2 is 1.84 bits per heavy atom. The van der Waals surface area contributed by atoms with Crippen molar-refractivity contribution in [3.63, 3.8) is 0 Å². The number of carbonyl (C=O) groups is 1. The zero-order chi connectivity index (χ0) is 14.2. The maximum absolute atomic E-state index is 13.3. The topological polar surface area (TPSA) is 43.1 Å². The fraction of sp³-hybridized carbons (Fsp3) is 0.0714. The lowest BCUT2D eigenvalue weighted by atomic mass is 10.0. The van der Waals surface area contributed by atoms with E-state index in [9.17, 15) is 9.18 Å². The standard InChI is InChI=1S/C14H10Cl2FNO/c1-7-4-9(10(15)6-12(7)17)14(19)8-2-3-13(18)11(16)5-8/h2-6H,18H2,1H3. The van der Waals surface area contributed by atoms with Crippen LogP contribution >= 0.6 is 23.2 Å². The summed E-state index contributed by atoms with van der Waals surface area (Å²) in [5.74, 6) is -0.771. The number of carbonyl (C=O) groups excluding carboxylic acids is 1. The molecule has 0 heterocycles. The summed E-state index contributed by atoms with van der Waals surface area (Å²) in [4.78, 5) is 12.3. The molecule has 0 radical (unpaired) electrons. The minimum atomic E-state index is -0.447. The molecule has 0 aliphatic carbocycles. The van der Waals surface area contributed by atoms with E-state index in [1.165, 1.54) is 12.1 Å². The van der Waals surface area contributed by atoms with Crippen molar-refractivity contribution in [2.75, 3.05) is 5.73 Å². The predicted octanol–water partition coefficient (Wildman–Crippen LogP) is 4.25. The summed E-state index contributed by atoms with van der Waals surface area (Å²) in [5, 5.41) is 0.363. The van der Waals surface area contributed by atoms with Crippen molar-refractivity contribution in [2.24, 2.45) is 0 Å². The second kappa shape index (κ2) is 5.19. The zero-order valence-corrected chi connectivity index (χ0v) is 11.5. The summed E-state index contributed by atoms with van der Waals surface area (Å²) >= 11 is 11.8. The van der Waals surface area contributed by atoms with Gasteiger partial charge in [-0.15, -0.1) is 0 Å². The van der Waals surface area contributed by atoms with Gasteiger partial charge in [-0.25, -0.2) is 4.39 Å². The molecular weight excluding hydrogens is 288 g/mol. The molecule has 0 bridgehead atoms. The lowest BCUT2D eigenvalue weighted by Gasteiger charge is -2.07. The van der Waals surface area contributed by atoms with Crippen LogP contribution in [0.25, 0.3) is 0 Å². The Balaban J connectivity index is 2.49. The molecule has 2 aromatic carbocycles. The molecule has 0 saturated carbocycles. The van der Waals surface area contributed by atoms with Gasteiger partial charge in [-0.3, -0.25) is 4.79 Å². The van der Waals surface area contributed by atoms with Crippen LogP contribution < -0.4 is 5.73 Å². The average molecular weight is 298 g/mol. The van der Waals surface area contributed by atoms with Crippen molar-refractivity contribution in [3.8, 4) is 0 Å². The third-order valence-electron chi connectivity index (χ3n) is 2.76. The molecule has 2 rings (SSSR count). The van der Waals surface area contributed by atoms with E-state index in [1.807, 2.05) is 0 Å². The highest BCUT2D eigenvalue weighted by molar-refractivity contribution is 6.36. The minimum Gasteiger partial charge on any atom is -0.398 e. The highest BCUT2D eigenvalue weighted by atomic mass is 35.5. The lowest BCUT2D eigenvalue weighted by molar-refractivity contribution is 0.103. The number of rotatable bonds is 2. The molecule has 2 nitrogen and oxygen atoms in total. The first-order valence-corrected chi connectivity index (χ1v) is 6.21. The molecule has 0 saturated heterocycles. The van der Waals surface area contributed by atoms with E-state index in [4.69, 9.17) is 28.9 Å². The second-order valence-corrected chi connectivity index (χ2v) is 4.96. The van der Waals surface area contributed by atoms with Crippen molar-refractivity contribution < 1.29 is 9.18 Å². The Bertz CT molecular complexity index is 671. The monoisotopic (exact) mass is 297 g/mol. The molecule has 0 amide bonds. The molecule has 0 spiro atoms. The first kappa shape index (κ1) is 13.8. The van der Waals surface area contributed by atoms with Gasteiger partial charge in [-0.1, -0.05) is 23.2 Å². The number of benzene rings is 2. The molecule has 2 N–H and O–H groups in total. The smallest absolute Gasteiger partial charge is 0.194 e. The molecule has 0 unspecified atom stereocenters. The Kier molecular flexibility index (Phi) is 3.78. The van der Waals surface area contributed by atoms with Crippen molar-refractivity contribution in [2.45, 2.75) is 6.92 Å². The number of aryl methyl sites for hydroxylation is 1. The van der Waals surface area contributed by atoms with E-state index >= 15 is 0 Å². The van der Waals surface area contributed by atoms with Crippen LogP contribution in [0.4, 0.5) is 10.1 Å². The number of anilines is 1. The maximum atomic E-state index is 13.3. The van der Waals surface area contributed by atoms with Gasteiger partial charge in [0.25, 0.3) is 0 Å². The first-order valence-electron chi connectivity index (χ1n) is 5.45. The van der Waals surface area contributed by atoms with Crippen molar-refractivity contribution in [1.82, 2.24) is 0 Å². The summed E-state index contributed by atoms with van der Waals surface area (Å²) in [6, 6.07) is 7.11. The first-order chi connectivity index (χ1) is 8.90. The largest absolute Gasteiger partial charge is 0.398 e. The summed E-state index contributed by atoms with van der Waals surface area (Å²) in [5.41, 5.74) is 6.92. The SMILES string of the molecule is Cc1cc(C(=O)c2ccc(N)c(Cl)c2)c(Cl)cc1F. The normalized spacial score (nSPS) is 10.5. The van der Waals surface area contributed by atoms with E-state index < -0.39 is 5.82 Å². The van der Waals surface area contributed by atoms with Crippen LogP contribution in [-0.2, 0) is 0 Å².